The van der Waals surface area contributed by atoms with Crippen LogP contribution in [0.15, 0.2) is 43.0 Å². The first-order valence-corrected chi connectivity index (χ1v) is 6.71. The lowest BCUT2D eigenvalue weighted by Gasteiger charge is -2.17. The van der Waals surface area contributed by atoms with Gasteiger partial charge in [0.15, 0.2) is 6.29 Å². The molecule has 0 aliphatic carbocycles. The monoisotopic (exact) mass is 280 g/mol. The summed E-state index contributed by atoms with van der Waals surface area (Å²) >= 11 is 0. The van der Waals surface area contributed by atoms with Crippen molar-refractivity contribution in [3.63, 3.8) is 0 Å². The van der Waals surface area contributed by atoms with E-state index < -0.39 is 0 Å². The zero-order valence-electron chi connectivity index (χ0n) is 12.3. The molecule has 4 nitrogen and oxygen atoms in total. The van der Waals surface area contributed by atoms with E-state index in [1.807, 2.05) is 30.3 Å². The molecule has 20 heavy (non-hydrogen) atoms. The third-order valence-electron chi connectivity index (χ3n) is 2.87. The molecule has 112 valence electrons. The molecule has 1 unspecified atom stereocenters. The molecule has 0 aliphatic rings. The molecular weight excluding hydrogens is 256 g/mol. The van der Waals surface area contributed by atoms with Gasteiger partial charge in [0.2, 0.25) is 0 Å². The summed E-state index contributed by atoms with van der Waals surface area (Å²) in [6.07, 6.45) is 2.08. The highest BCUT2D eigenvalue weighted by molar-refractivity contribution is 5.13. The van der Waals surface area contributed by atoms with E-state index >= 15 is 0 Å². The predicted octanol–water partition coefficient (Wildman–Crippen LogP) is 2.78. The minimum Gasteiger partial charge on any atom is -0.374 e. The molecule has 0 spiro atoms. The molecule has 4 heteroatoms. The van der Waals surface area contributed by atoms with E-state index in [2.05, 4.69) is 6.58 Å². The van der Waals surface area contributed by atoms with E-state index in [1.54, 1.807) is 20.3 Å². The highest BCUT2D eigenvalue weighted by Gasteiger charge is 2.08. The van der Waals surface area contributed by atoms with Crippen molar-refractivity contribution >= 4 is 0 Å². The zero-order valence-corrected chi connectivity index (χ0v) is 12.3. The fraction of sp³-hybridized carbons (Fsp3) is 0.500. The van der Waals surface area contributed by atoms with Crippen molar-refractivity contribution in [1.29, 1.82) is 0 Å². The van der Waals surface area contributed by atoms with Crippen molar-refractivity contribution in [1.82, 2.24) is 0 Å². The van der Waals surface area contributed by atoms with Gasteiger partial charge < -0.3 is 18.9 Å². The second-order valence-electron chi connectivity index (χ2n) is 4.34. The third-order valence-corrected chi connectivity index (χ3v) is 2.87. The Hall–Kier alpha value is -1.20. The maximum Gasteiger partial charge on any atom is 0.159 e. The lowest BCUT2D eigenvalue weighted by atomic mass is 10.2. The van der Waals surface area contributed by atoms with Crippen molar-refractivity contribution < 1.29 is 18.9 Å². The molecule has 1 rings (SSSR count). The molecule has 0 saturated carbocycles. The quantitative estimate of drug-likeness (QED) is 0.461. The molecule has 1 aromatic carbocycles. The highest BCUT2D eigenvalue weighted by Crippen LogP contribution is 2.05. The van der Waals surface area contributed by atoms with Gasteiger partial charge in [0.05, 0.1) is 25.9 Å². The topological polar surface area (TPSA) is 36.9 Å². The van der Waals surface area contributed by atoms with Gasteiger partial charge in [-0.3, -0.25) is 0 Å². The summed E-state index contributed by atoms with van der Waals surface area (Å²) in [5.41, 5.74) is 1.15. The van der Waals surface area contributed by atoms with Gasteiger partial charge in [-0.2, -0.15) is 0 Å². The Kier molecular flexibility index (Phi) is 8.91. The van der Waals surface area contributed by atoms with E-state index in [9.17, 15) is 0 Å². The van der Waals surface area contributed by atoms with Crippen LogP contribution in [0.1, 0.15) is 12.0 Å². The molecule has 1 atom stereocenters. The van der Waals surface area contributed by atoms with Crippen LogP contribution < -0.4 is 0 Å². The van der Waals surface area contributed by atoms with Gasteiger partial charge in [0.1, 0.15) is 0 Å². The summed E-state index contributed by atoms with van der Waals surface area (Å²) in [5, 5.41) is 0. The maximum atomic E-state index is 5.66. The fourth-order valence-electron chi connectivity index (χ4n) is 1.70. The highest BCUT2D eigenvalue weighted by atomic mass is 16.7. The Balaban J connectivity index is 2.18. The zero-order chi connectivity index (χ0) is 14.6. The van der Waals surface area contributed by atoms with Crippen LogP contribution in [0.25, 0.3) is 0 Å². The molecular formula is C16H24O4. The average molecular weight is 280 g/mol. The average Bonchev–Trinajstić information content (AvgIpc) is 2.51. The Morgan fingerprint density at radius 3 is 2.45 bits per heavy atom. The van der Waals surface area contributed by atoms with Crippen LogP contribution in [0.4, 0.5) is 0 Å². The van der Waals surface area contributed by atoms with Gasteiger partial charge in [-0.15, -0.1) is 6.58 Å². The number of rotatable bonds is 11. The van der Waals surface area contributed by atoms with Gasteiger partial charge in [-0.1, -0.05) is 36.4 Å². The minimum atomic E-state index is -0.231. The lowest BCUT2D eigenvalue weighted by Crippen LogP contribution is -2.21. The van der Waals surface area contributed by atoms with Crippen LogP contribution in [0.5, 0.6) is 0 Å². The Morgan fingerprint density at radius 1 is 1.15 bits per heavy atom. The summed E-state index contributed by atoms with van der Waals surface area (Å²) in [4.78, 5) is 0. The second-order valence-corrected chi connectivity index (χ2v) is 4.34. The number of benzene rings is 1. The second kappa shape index (κ2) is 10.6. The van der Waals surface area contributed by atoms with Crippen LogP contribution >= 0.6 is 0 Å². The molecule has 0 saturated heterocycles. The first-order valence-electron chi connectivity index (χ1n) is 6.71. The summed E-state index contributed by atoms with van der Waals surface area (Å²) in [6.45, 7) is 5.36. The van der Waals surface area contributed by atoms with E-state index in [0.29, 0.717) is 26.2 Å². The summed E-state index contributed by atoms with van der Waals surface area (Å²) in [5.74, 6) is 0. The molecule has 0 bridgehead atoms. The van der Waals surface area contributed by atoms with E-state index in [4.69, 9.17) is 18.9 Å². The number of ether oxygens (including phenoxy) is 4. The summed E-state index contributed by atoms with van der Waals surface area (Å²) < 4.78 is 21.5. The molecule has 0 heterocycles. The Bertz CT molecular complexity index is 349. The molecule has 0 aromatic heterocycles. The van der Waals surface area contributed by atoms with Crippen molar-refractivity contribution in [3.05, 3.63) is 48.6 Å². The maximum absolute atomic E-state index is 5.66. The van der Waals surface area contributed by atoms with E-state index in [-0.39, 0.29) is 12.4 Å². The van der Waals surface area contributed by atoms with Crippen molar-refractivity contribution in [3.8, 4) is 0 Å². The smallest absolute Gasteiger partial charge is 0.159 e. The lowest BCUT2D eigenvalue weighted by molar-refractivity contribution is -0.120. The van der Waals surface area contributed by atoms with Gasteiger partial charge in [0.25, 0.3) is 0 Å². The molecule has 0 fully saturated rings. The Labute approximate surface area is 121 Å². The minimum absolute atomic E-state index is 0.118. The number of hydrogen-bond donors (Lipinski definition) is 0. The fourth-order valence-corrected chi connectivity index (χ4v) is 1.70. The van der Waals surface area contributed by atoms with Crippen molar-refractivity contribution in [2.45, 2.75) is 25.4 Å². The number of methoxy groups -OCH3 is 2. The van der Waals surface area contributed by atoms with Gasteiger partial charge in [0, 0.05) is 20.6 Å². The van der Waals surface area contributed by atoms with Gasteiger partial charge in [-0.05, 0) is 5.56 Å². The van der Waals surface area contributed by atoms with E-state index in [0.717, 1.165) is 5.56 Å². The van der Waals surface area contributed by atoms with Crippen LogP contribution in [0, 0.1) is 0 Å². The third kappa shape index (κ3) is 6.82. The first-order chi connectivity index (χ1) is 9.80. The van der Waals surface area contributed by atoms with Gasteiger partial charge >= 0.3 is 0 Å². The molecule has 0 aliphatic heterocycles. The van der Waals surface area contributed by atoms with Gasteiger partial charge in [-0.25, -0.2) is 0 Å². The Morgan fingerprint density at radius 2 is 1.85 bits per heavy atom. The molecule has 0 N–H and O–H groups in total. The molecule has 1 aromatic rings. The SMILES string of the molecule is C=CC(COCc1ccccc1)OCCC(OC)OC. The van der Waals surface area contributed by atoms with Crippen molar-refractivity contribution in [2.75, 3.05) is 27.4 Å². The normalized spacial score (nSPS) is 12.6. The van der Waals surface area contributed by atoms with Crippen LogP contribution in [-0.2, 0) is 25.6 Å². The molecule has 0 radical (unpaired) electrons. The first kappa shape index (κ1) is 16.9. The molecule has 0 amide bonds. The van der Waals surface area contributed by atoms with E-state index in [1.165, 1.54) is 0 Å². The van der Waals surface area contributed by atoms with Crippen LogP contribution in [0.3, 0.4) is 0 Å². The summed E-state index contributed by atoms with van der Waals surface area (Å²) in [7, 11) is 3.23. The number of hydrogen-bond acceptors (Lipinski definition) is 4. The summed E-state index contributed by atoms with van der Waals surface area (Å²) in [6, 6.07) is 10.0. The predicted molar refractivity (Wildman–Crippen MR) is 78.5 cm³/mol. The van der Waals surface area contributed by atoms with Crippen molar-refractivity contribution in [2.24, 2.45) is 0 Å². The van der Waals surface area contributed by atoms with Crippen LogP contribution in [-0.4, -0.2) is 39.8 Å². The standard InChI is InChI=1S/C16H24O4/c1-4-15(20-11-10-16(17-2)18-3)13-19-12-14-8-6-5-7-9-14/h4-9,15-16H,1,10-13H2,2-3H3. The largest absolute Gasteiger partial charge is 0.374 e. The van der Waals surface area contributed by atoms with Crippen LogP contribution in [0.2, 0.25) is 0 Å².